The van der Waals surface area contributed by atoms with Gasteiger partial charge in [0.15, 0.2) is 0 Å². The normalized spacial score (nSPS) is 7.80. The molecule has 54 valence electrons. The van der Waals surface area contributed by atoms with Gasteiger partial charge in [0.2, 0.25) is 0 Å². The molecule has 0 amide bonds. The predicted octanol–water partition coefficient (Wildman–Crippen LogP) is -0.0331. The third-order valence-corrected chi connectivity index (χ3v) is 1.08. The summed E-state index contributed by atoms with van der Waals surface area (Å²) in [5.74, 6) is 1.59. The Morgan fingerprint density at radius 3 is 1.70 bits per heavy atom. The summed E-state index contributed by atoms with van der Waals surface area (Å²) in [6, 6.07) is 0. The largest absolute Gasteiger partial charge is 1.00 e. The minimum Gasteiger partial charge on any atom is -1.00 e. The second-order valence-electron chi connectivity index (χ2n) is 1.89. The van der Waals surface area contributed by atoms with Crippen molar-refractivity contribution < 1.29 is 25.0 Å². The molecule has 0 aromatic carbocycles. The molecule has 0 aliphatic rings. The van der Waals surface area contributed by atoms with E-state index in [1.54, 1.807) is 0 Å². The van der Waals surface area contributed by atoms with Crippen LogP contribution in [-0.4, -0.2) is 0 Å². The first kappa shape index (κ1) is 12.5. The predicted molar refractivity (Wildman–Crippen MR) is 41.1 cm³/mol. The van der Waals surface area contributed by atoms with Gasteiger partial charge in [-0.25, -0.2) is 0 Å². The standard InChI is InChI=1S/C8H14O.Li.H/c1-5-7(3)9-8(4)6-2;;/h3-6H2,1-2H3;;/q;+1;-1. The van der Waals surface area contributed by atoms with Gasteiger partial charge in [0.05, 0.1) is 11.5 Å². The van der Waals surface area contributed by atoms with E-state index >= 15 is 0 Å². The van der Waals surface area contributed by atoms with E-state index in [0.717, 1.165) is 24.4 Å². The van der Waals surface area contributed by atoms with E-state index < -0.39 is 0 Å². The molecule has 0 unspecified atom stereocenters. The van der Waals surface area contributed by atoms with Crippen LogP contribution in [0.25, 0.3) is 0 Å². The van der Waals surface area contributed by atoms with Crippen LogP contribution < -0.4 is 18.9 Å². The van der Waals surface area contributed by atoms with Gasteiger partial charge in [-0.15, -0.1) is 0 Å². The fourth-order valence-corrected chi connectivity index (χ4v) is 0.348. The van der Waals surface area contributed by atoms with Crippen LogP contribution in [-0.2, 0) is 4.74 Å². The molecule has 1 nitrogen and oxygen atoms in total. The molecule has 0 heterocycles. The van der Waals surface area contributed by atoms with Crippen LogP contribution in [0.15, 0.2) is 24.7 Å². The number of hydrogen-bond donors (Lipinski definition) is 0. The van der Waals surface area contributed by atoms with Crippen molar-refractivity contribution >= 4 is 0 Å². The molecule has 0 saturated carbocycles. The summed E-state index contributed by atoms with van der Waals surface area (Å²) < 4.78 is 5.16. The van der Waals surface area contributed by atoms with Gasteiger partial charge >= 0.3 is 18.9 Å². The zero-order valence-corrected chi connectivity index (χ0v) is 7.24. The molecular weight excluding hydrogens is 119 g/mol. The maximum Gasteiger partial charge on any atom is 1.00 e. The first-order valence-electron chi connectivity index (χ1n) is 3.24. The number of rotatable bonds is 4. The topological polar surface area (TPSA) is 9.23 Å². The molecule has 0 aromatic heterocycles. The van der Waals surface area contributed by atoms with Crippen LogP contribution in [0, 0.1) is 0 Å². The first-order valence-corrected chi connectivity index (χ1v) is 3.24. The Morgan fingerprint density at radius 1 is 1.20 bits per heavy atom. The SMILES string of the molecule is C=C(CC)OC(=C)CC.[H-].[Li+]. The second kappa shape index (κ2) is 6.99. The van der Waals surface area contributed by atoms with Gasteiger partial charge in [-0.2, -0.15) is 0 Å². The van der Waals surface area contributed by atoms with E-state index in [9.17, 15) is 0 Å². The molecule has 0 rings (SSSR count). The summed E-state index contributed by atoms with van der Waals surface area (Å²) in [6.07, 6.45) is 1.72. The van der Waals surface area contributed by atoms with E-state index in [1.807, 2.05) is 13.8 Å². The minimum atomic E-state index is 0. The molecule has 0 N–H and O–H groups in total. The Bertz CT molecular complexity index is 109. The molecule has 0 atom stereocenters. The number of allylic oxidation sites excluding steroid dienone is 2. The molecule has 0 aromatic rings. The molecular formula is C8H15LiO. The van der Waals surface area contributed by atoms with E-state index in [-0.39, 0.29) is 20.3 Å². The summed E-state index contributed by atoms with van der Waals surface area (Å²) in [4.78, 5) is 0. The average molecular weight is 134 g/mol. The first-order chi connectivity index (χ1) is 4.20. The van der Waals surface area contributed by atoms with Gasteiger partial charge in [0.1, 0.15) is 0 Å². The van der Waals surface area contributed by atoms with Crippen LogP contribution in [0.2, 0.25) is 0 Å². The van der Waals surface area contributed by atoms with E-state index in [0.29, 0.717) is 0 Å². The van der Waals surface area contributed by atoms with Crippen LogP contribution >= 0.6 is 0 Å². The molecule has 0 radical (unpaired) electrons. The van der Waals surface area contributed by atoms with Gasteiger partial charge in [0.25, 0.3) is 0 Å². The van der Waals surface area contributed by atoms with E-state index in [2.05, 4.69) is 13.2 Å². The Balaban J connectivity index is -0.000000320. The van der Waals surface area contributed by atoms with Crippen LogP contribution in [0.5, 0.6) is 0 Å². The monoisotopic (exact) mass is 134 g/mol. The number of hydrogen-bond acceptors (Lipinski definition) is 1. The van der Waals surface area contributed by atoms with Gasteiger partial charge < -0.3 is 6.16 Å². The zero-order chi connectivity index (χ0) is 7.28. The second-order valence-corrected chi connectivity index (χ2v) is 1.89. The molecule has 0 spiro atoms. The molecule has 0 bridgehead atoms. The van der Waals surface area contributed by atoms with Crippen molar-refractivity contribution in [2.45, 2.75) is 26.7 Å². The van der Waals surface area contributed by atoms with Crippen LogP contribution in [0.1, 0.15) is 28.1 Å². The maximum atomic E-state index is 5.16. The van der Waals surface area contributed by atoms with Crippen LogP contribution in [0.3, 0.4) is 0 Å². The fourth-order valence-electron chi connectivity index (χ4n) is 0.348. The smallest absolute Gasteiger partial charge is 1.00 e. The molecule has 0 fully saturated rings. The molecule has 0 saturated heterocycles. The van der Waals surface area contributed by atoms with E-state index in [4.69, 9.17) is 4.74 Å². The van der Waals surface area contributed by atoms with Crippen molar-refractivity contribution in [3.05, 3.63) is 24.7 Å². The third-order valence-electron chi connectivity index (χ3n) is 1.08. The van der Waals surface area contributed by atoms with Crippen molar-refractivity contribution in [2.24, 2.45) is 0 Å². The summed E-state index contributed by atoms with van der Waals surface area (Å²) in [5.41, 5.74) is 0. The average Bonchev–Trinajstić information content (AvgIpc) is 1.87. The zero-order valence-electron chi connectivity index (χ0n) is 8.24. The quantitative estimate of drug-likeness (QED) is 0.387. The Hall–Kier alpha value is -0.123. The summed E-state index contributed by atoms with van der Waals surface area (Å²) in [6.45, 7) is 11.4. The van der Waals surface area contributed by atoms with Crippen molar-refractivity contribution in [3.8, 4) is 0 Å². The molecule has 10 heavy (non-hydrogen) atoms. The van der Waals surface area contributed by atoms with Gasteiger partial charge in [-0.3, -0.25) is 0 Å². The Kier molecular flexibility index (Phi) is 8.77. The summed E-state index contributed by atoms with van der Waals surface area (Å²) in [5, 5.41) is 0. The number of ether oxygens (including phenoxy) is 1. The molecule has 0 aliphatic carbocycles. The van der Waals surface area contributed by atoms with Crippen molar-refractivity contribution in [1.82, 2.24) is 0 Å². The van der Waals surface area contributed by atoms with Crippen molar-refractivity contribution in [2.75, 3.05) is 0 Å². The van der Waals surface area contributed by atoms with Crippen LogP contribution in [0.4, 0.5) is 0 Å². The van der Waals surface area contributed by atoms with Crippen molar-refractivity contribution in [1.29, 1.82) is 0 Å². The van der Waals surface area contributed by atoms with Gasteiger partial charge in [-0.1, -0.05) is 27.0 Å². The fraction of sp³-hybridized carbons (Fsp3) is 0.500. The Labute approximate surface area is 76.8 Å². The van der Waals surface area contributed by atoms with E-state index in [1.165, 1.54) is 0 Å². The van der Waals surface area contributed by atoms with Gasteiger partial charge in [-0.05, 0) is 0 Å². The van der Waals surface area contributed by atoms with Crippen molar-refractivity contribution in [3.63, 3.8) is 0 Å². The summed E-state index contributed by atoms with van der Waals surface area (Å²) in [7, 11) is 0. The summed E-state index contributed by atoms with van der Waals surface area (Å²) >= 11 is 0. The van der Waals surface area contributed by atoms with Gasteiger partial charge in [0, 0.05) is 12.8 Å². The minimum absolute atomic E-state index is 0. The maximum absolute atomic E-state index is 5.16. The third kappa shape index (κ3) is 6.00. The Morgan fingerprint density at radius 2 is 1.50 bits per heavy atom. The molecule has 2 heteroatoms. The molecule has 0 aliphatic heterocycles.